The van der Waals surface area contributed by atoms with E-state index in [1.54, 1.807) is 25.7 Å². The van der Waals surface area contributed by atoms with Crippen molar-refractivity contribution >= 4 is 24.0 Å². The van der Waals surface area contributed by atoms with Crippen molar-refractivity contribution in [1.82, 2.24) is 30.3 Å². The van der Waals surface area contributed by atoms with Gasteiger partial charge in [-0.1, -0.05) is 5.16 Å². The average molecular weight is 657 g/mol. The molecule has 15 heteroatoms. The van der Waals surface area contributed by atoms with E-state index in [1.807, 2.05) is 11.8 Å². The van der Waals surface area contributed by atoms with Gasteiger partial charge in [-0.05, 0) is 65.0 Å². The number of nitrogens with one attached hydrogen (secondary N) is 1. The summed E-state index contributed by atoms with van der Waals surface area (Å²) in [6.07, 6.45) is 5.83. The Balaban J connectivity index is 1.12. The minimum absolute atomic E-state index is 0.0132. The summed E-state index contributed by atoms with van der Waals surface area (Å²) >= 11 is 0. The predicted molar refractivity (Wildman–Crippen MR) is 165 cm³/mol. The first-order valence-electron chi connectivity index (χ1n) is 16.0. The summed E-state index contributed by atoms with van der Waals surface area (Å²) in [6.45, 7) is 9.16. The van der Waals surface area contributed by atoms with E-state index in [1.165, 1.54) is 12.4 Å². The second-order valence-electron chi connectivity index (χ2n) is 13.3. The second-order valence-corrected chi connectivity index (χ2v) is 13.3. The van der Waals surface area contributed by atoms with Crippen molar-refractivity contribution in [2.75, 3.05) is 42.5 Å². The lowest BCUT2D eigenvalue weighted by molar-refractivity contribution is 0.0504. The van der Waals surface area contributed by atoms with Crippen LogP contribution in [-0.2, 0) is 4.74 Å². The number of halogens is 3. The van der Waals surface area contributed by atoms with Crippen molar-refractivity contribution in [3.63, 3.8) is 0 Å². The van der Waals surface area contributed by atoms with Crippen molar-refractivity contribution in [3.05, 3.63) is 58.9 Å². The SMILES string of the molecule is CCN(C(=O)c1cnc(N2C[C@H](NC(=O)OC(C)(C)C)[C@@H](c3cc(F)c(F)cc3F)C2)nc1)C1CCN(c2nc(C3CC3)no2)CC1. The highest BCUT2D eigenvalue weighted by Gasteiger charge is 2.39. The zero-order chi connectivity index (χ0) is 33.5. The molecule has 0 bridgehead atoms. The lowest BCUT2D eigenvalue weighted by Gasteiger charge is -2.37. The van der Waals surface area contributed by atoms with Gasteiger partial charge in [0.1, 0.15) is 11.4 Å². The molecule has 3 fully saturated rings. The minimum Gasteiger partial charge on any atom is -0.444 e. The molecule has 1 aromatic carbocycles. The van der Waals surface area contributed by atoms with Crippen LogP contribution >= 0.6 is 0 Å². The largest absolute Gasteiger partial charge is 0.444 e. The van der Waals surface area contributed by atoms with Gasteiger partial charge in [-0.15, -0.1) is 0 Å². The highest BCUT2D eigenvalue weighted by Crippen LogP contribution is 2.39. The standard InChI is InChI=1S/C32H39F3N8O4/c1-5-43(20-8-10-41(11-9-20)30-39-27(40-47-30)18-6-7-18)28(44)19-14-36-29(37-15-19)42-16-22(21-12-24(34)25(35)13-23(21)33)26(17-42)38-31(45)46-32(2,3)4/h12-15,18,20,22,26H,5-11,16-17H2,1-4H3,(H,38,45)/t22-,26+/m1/s1. The molecule has 2 aliphatic heterocycles. The van der Waals surface area contributed by atoms with Crippen LogP contribution in [-0.4, -0.2) is 87.4 Å². The van der Waals surface area contributed by atoms with Crippen LogP contribution in [0.4, 0.5) is 29.9 Å². The third kappa shape index (κ3) is 7.28. The maximum atomic E-state index is 14.9. The normalized spacial score (nSPS) is 20.4. The molecule has 3 aliphatic rings. The Hall–Kier alpha value is -4.43. The Morgan fingerprint density at radius 1 is 1.00 bits per heavy atom. The molecule has 1 aliphatic carbocycles. The molecular formula is C32H39F3N8O4. The van der Waals surface area contributed by atoms with Crippen molar-refractivity contribution in [2.45, 2.75) is 82.9 Å². The number of anilines is 2. The van der Waals surface area contributed by atoms with Crippen LogP contribution in [0.15, 0.2) is 29.0 Å². The molecule has 1 N–H and O–H groups in total. The third-order valence-corrected chi connectivity index (χ3v) is 8.78. The van der Waals surface area contributed by atoms with E-state index in [9.17, 15) is 22.8 Å². The Bertz CT molecular complexity index is 1600. The van der Waals surface area contributed by atoms with Crippen LogP contribution in [0.25, 0.3) is 0 Å². The Morgan fingerprint density at radius 2 is 1.68 bits per heavy atom. The molecule has 1 saturated carbocycles. The molecule has 6 rings (SSSR count). The van der Waals surface area contributed by atoms with Gasteiger partial charge in [0, 0.05) is 69.1 Å². The highest BCUT2D eigenvalue weighted by atomic mass is 19.2. The van der Waals surface area contributed by atoms with Crippen molar-refractivity contribution in [2.24, 2.45) is 0 Å². The average Bonchev–Trinajstić information content (AvgIpc) is 3.61. The number of ether oxygens (including phenoxy) is 1. The van der Waals surface area contributed by atoms with Gasteiger partial charge in [-0.3, -0.25) is 4.79 Å². The molecule has 2 aromatic heterocycles. The molecule has 2 amide bonds. The fourth-order valence-electron chi connectivity index (χ4n) is 6.27. The highest BCUT2D eigenvalue weighted by molar-refractivity contribution is 5.94. The number of aromatic nitrogens is 4. The van der Waals surface area contributed by atoms with Gasteiger partial charge in [0.05, 0.1) is 11.6 Å². The van der Waals surface area contributed by atoms with Crippen LogP contribution < -0.4 is 15.1 Å². The summed E-state index contributed by atoms with van der Waals surface area (Å²) in [5.74, 6) is -2.97. The fourth-order valence-corrected chi connectivity index (χ4v) is 6.27. The third-order valence-electron chi connectivity index (χ3n) is 8.78. The quantitative estimate of drug-likeness (QED) is 0.338. The van der Waals surface area contributed by atoms with Gasteiger partial charge in [-0.25, -0.2) is 27.9 Å². The molecular weight excluding hydrogens is 617 g/mol. The first-order chi connectivity index (χ1) is 22.4. The van der Waals surface area contributed by atoms with E-state index in [4.69, 9.17) is 9.26 Å². The molecule has 47 heavy (non-hydrogen) atoms. The summed E-state index contributed by atoms with van der Waals surface area (Å²) in [4.78, 5) is 45.2. The molecule has 0 spiro atoms. The summed E-state index contributed by atoms with van der Waals surface area (Å²) in [5, 5.41) is 6.84. The first kappa shape index (κ1) is 32.5. The number of alkyl carbamates (subject to hydrolysis) is 1. The maximum Gasteiger partial charge on any atom is 0.407 e. The van der Waals surface area contributed by atoms with Crippen LogP contribution in [0.3, 0.4) is 0 Å². The molecule has 0 unspecified atom stereocenters. The zero-order valence-corrected chi connectivity index (χ0v) is 26.9. The number of hydrogen-bond acceptors (Lipinski definition) is 10. The summed E-state index contributed by atoms with van der Waals surface area (Å²) in [7, 11) is 0. The molecule has 4 heterocycles. The Morgan fingerprint density at radius 3 is 2.32 bits per heavy atom. The number of carbonyl (C=O) groups excluding carboxylic acids is 2. The molecule has 252 valence electrons. The number of piperidine rings is 1. The monoisotopic (exact) mass is 656 g/mol. The van der Waals surface area contributed by atoms with E-state index >= 15 is 0 Å². The number of rotatable bonds is 8. The van der Waals surface area contributed by atoms with Crippen LogP contribution in [0.1, 0.15) is 87.0 Å². The van der Waals surface area contributed by atoms with Crippen molar-refractivity contribution in [3.8, 4) is 0 Å². The second kappa shape index (κ2) is 13.0. The number of amides is 2. The van der Waals surface area contributed by atoms with Gasteiger partial charge >= 0.3 is 12.1 Å². The summed E-state index contributed by atoms with van der Waals surface area (Å²) in [5.41, 5.74) is -0.561. The molecule has 2 atom stereocenters. The Kier molecular flexibility index (Phi) is 8.99. The number of benzene rings is 1. The van der Waals surface area contributed by atoms with E-state index < -0.39 is 41.1 Å². The van der Waals surface area contributed by atoms with E-state index in [0.29, 0.717) is 43.2 Å². The van der Waals surface area contributed by atoms with Crippen molar-refractivity contribution in [1.29, 1.82) is 0 Å². The zero-order valence-electron chi connectivity index (χ0n) is 26.9. The Labute approximate surface area is 270 Å². The van der Waals surface area contributed by atoms with Crippen LogP contribution in [0.5, 0.6) is 0 Å². The fraction of sp³-hybridized carbons (Fsp3) is 0.562. The first-order valence-corrected chi connectivity index (χ1v) is 16.0. The van der Waals surface area contributed by atoms with Crippen LogP contribution in [0, 0.1) is 17.5 Å². The lowest BCUT2D eigenvalue weighted by atomic mass is 9.93. The minimum atomic E-state index is -1.30. The van der Waals surface area contributed by atoms with Gasteiger partial charge in [0.2, 0.25) is 5.95 Å². The molecule has 0 radical (unpaired) electrons. The predicted octanol–water partition coefficient (Wildman–Crippen LogP) is 4.78. The van der Waals surface area contributed by atoms with Crippen LogP contribution in [0.2, 0.25) is 0 Å². The van der Waals surface area contributed by atoms with Gasteiger partial charge in [0.15, 0.2) is 17.5 Å². The lowest BCUT2D eigenvalue weighted by Crippen LogP contribution is -2.47. The van der Waals surface area contributed by atoms with Gasteiger partial charge in [0.25, 0.3) is 5.91 Å². The van der Waals surface area contributed by atoms with Gasteiger partial charge in [-0.2, -0.15) is 4.98 Å². The van der Waals surface area contributed by atoms with E-state index in [-0.39, 0.29) is 36.6 Å². The molecule has 12 nitrogen and oxygen atoms in total. The van der Waals surface area contributed by atoms with E-state index in [2.05, 4.69) is 30.3 Å². The summed E-state index contributed by atoms with van der Waals surface area (Å²) in [6, 6.07) is 1.11. The maximum absolute atomic E-state index is 14.9. The smallest absolute Gasteiger partial charge is 0.407 e. The van der Waals surface area contributed by atoms with Gasteiger partial charge < -0.3 is 29.3 Å². The molecule has 2 saturated heterocycles. The summed E-state index contributed by atoms with van der Waals surface area (Å²) < 4.78 is 53.6. The number of hydrogen-bond donors (Lipinski definition) is 1. The number of carbonyl (C=O) groups is 2. The van der Waals surface area contributed by atoms with E-state index in [0.717, 1.165) is 37.6 Å². The van der Waals surface area contributed by atoms with Crippen molar-refractivity contribution < 1.29 is 32.0 Å². The number of nitrogens with zero attached hydrogens (tertiary/aromatic N) is 7. The topological polar surface area (TPSA) is 130 Å². The molecule has 3 aromatic rings.